The van der Waals surface area contributed by atoms with Crippen LogP contribution in [0.2, 0.25) is 0 Å². The van der Waals surface area contributed by atoms with Crippen molar-refractivity contribution in [3.8, 4) is 0 Å². The van der Waals surface area contributed by atoms with Gasteiger partial charge in [0.05, 0.1) is 12.8 Å². The lowest BCUT2D eigenvalue weighted by Crippen LogP contribution is -2.20. The van der Waals surface area contributed by atoms with Gasteiger partial charge in [0.2, 0.25) is 0 Å². The first kappa shape index (κ1) is 18.5. The van der Waals surface area contributed by atoms with Gasteiger partial charge in [-0.1, -0.05) is 51.1 Å². The van der Waals surface area contributed by atoms with E-state index in [2.05, 4.69) is 15.6 Å². The second-order valence-electron chi connectivity index (χ2n) is 7.35. The molecule has 0 unspecified atom stereocenters. The highest BCUT2D eigenvalue weighted by Gasteiger charge is 2.23. The second kappa shape index (κ2) is 7.15. The summed E-state index contributed by atoms with van der Waals surface area (Å²) in [6.07, 6.45) is 0. The van der Waals surface area contributed by atoms with E-state index in [4.69, 9.17) is 4.74 Å². The standard InChI is InChI=1S/C21H23N3O3/c1-21(2,3)17-12-16(18(24-17)19(25)27-4)23-20(26)22-15-10-9-13-7-5-6-8-14(13)11-15/h5-12,24H,1-4H3,(H2,22,23,26). The topological polar surface area (TPSA) is 83.2 Å². The molecule has 0 bridgehead atoms. The van der Waals surface area contributed by atoms with Gasteiger partial charge in [-0.05, 0) is 29.0 Å². The van der Waals surface area contributed by atoms with Gasteiger partial charge in [0.25, 0.3) is 0 Å². The van der Waals surface area contributed by atoms with Crippen LogP contribution in [0.1, 0.15) is 37.0 Å². The van der Waals surface area contributed by atoms with Gasteiger partial charge in [-0.15, -0.1) is 0 Å². The zero-order valence-corrected chi connectivity index (χ0v) is 15.8. The van der Waals surface area contributed by atoms with E-state index in [-0.39, 0.29) is 11.1 Å². The Hall–Kier alpha value is -3.28. The predicted octanol–water partition coefficient (Wildman–Crippen LogP) is 4.90. The average molecular weight is 365 g/mol. The third-order valence-corrected chi connectivity index (χ3v) is 4.27. The van der Waals surface area contributed by atoms with E-state index in [0.29, 0.717) is 11.4 Å². The highest BCUT2D eigenvalue weighted by molar-refractivity contribution is 6.05. The predicted molar refractivity (Wildman–Crippen MR) is 107 cm³/mol. The van der Waals surface area contributed by atoms with Crippen molar-refractivity contribution in [3.63, 3.8) is 0 Å². The molecule has 0 saturated heterocycles. The number of hydrogen-bond acceptors (Lipinski definition) is 3. The molecule has 140 valence electrons. The number of hydrogen-bond donors (Lipinski definition) is 3. The number of urea groups is 1. The van der Waals surface area contributed by atoms with E-state index in [1.165, 1.54) is 7.11 Å². The lowest BCUT2D eigenvalue weighted by molar-refractivity contribution is 0.0595. The quantitative estimate of drug-likeness (QED) is 0.578. The molecule has 3 aromatic rings. The number of fused-ring (bicyclic) bond motifs is 1. The smallest absolute Gasteiger partial charge is 0.356 e. The van der Waals surface area contributed by atoms with Crippen LogP contribution in [0.15, 0.2) is 48.5 Å². The number of rotatable bonds is 3. The minimum Gasteiger partial charge on any atom is -0.464 e. The van der Waals surface area contributed by atoms with E-state index in [9.17, 15) is 9.59 Å². The van der Waals surface area contributed by atoms with Crippen molar-refractivity contribution in [2.24, 2.45) is 0 Å². The summed E-state index contributed by atoms with van der Waals surface area (Å²) in [5, 5.41) is 7.66. The van der Waals surface area contributed by atoms with E-state index >= 15 is 0 Å². The normalized spacial score (nSPS) is 11.3. The maximum absolute atomic E-state index is 12.5. The molecule has 0 fully saturated rings. The van der Waals surface area contributed by atoms with Gasteiger partial charge >= 0.3 is 12.0 Å². The third kappa shape index (κ3) is 4.11. The highest BCUT2D eigenvalue weighted by Crippen LogP contribution is 2.28. The lowest BCUT2D eigenvalue weighted by Gasteiger charge is -2.15. The fraction of sp³-hybridized carbons (Fsp3) is 0.238. The van der Waals surface area contributed by atoms with Crippen molar-refractivity contribution in [2.75, 3.05) is 17.7 Å². The Morgan fingerprint density at radius 2 is 1.67 bits per heavy atom. The summed E-state index contributed by atoms with van der Waals surface area (Å²) in [4.78, 5) is 27.5. The number of H-pyrrole nitrogens is 1. The first-order valence-electron chi connectivity index (χ1n) is 8.66. The SMILES string of the molecule is COC(=O)c1[nH]c(C(C)(C)C)cc1NC(=O)Nc1ccc2ccccc2c1. The minimum absolute atomic E-state index is 0.211. The molecule has 1 heterocycles. The van der Waals surface area contributed by atoms with E-state index in [0.717, 1.165) is 16.5 Å². The first-order chi connectivity index (χ1) is 12.8. The summed E-state index contributed by atoms with van der Waals surface area (Å²) < 4.78 is 4.81. The van der Waals surface area contributed by atoms with Crippen LogP contribution in [0.3, 0.4) is 0 Å². The van der Waals surface area contributed by atoms with Crippen LogP contribution < -0.4 is 10.6 Å². The number of nitrogens with one attached hydrogen (secondary N) is 3. The molecule has 0 atom stereocenters. The Morgan fingerprint density at radius 3 is 2.33 bits per heavy atom. The van der Waals surface area contributed by atoms with Gasteiger partial charge in [0.1, 0.15) is 5.69 Å². The Labute approximate surface area is 157 Å². The van der Waals surface area contributed by atoms with Crippen molar-refractivity contribution in [2.45, 2.75) is 26.2 Å². The van der Waals surface area contributed by atoms with Crippen LogP contribution in [0.4, 0.5) is 16.2 Å². The molecule has 0 aliphatic rings. The second-order valence-corrected chi connectivity index (χ2v) is 7.35. The van der Waals surface area contributed by atoms with Gasteiger partial charge in [-0.2, -0.15) is 0 Å². The van der Waals surface area contributed by atoms with Gasteiger partial charge < -0.3 is 20.4 Å². The number of benzene rings is 2. The third-order valence-electron chi connectivity index (χ3n) is 4.27. The summed E-state index contributed by atoms with van der Waals surface area (Å²) in [6.45, 7) is 6.04. The number of methoxy groups -OCH3 is 1. The zero-order valence-electron chi connectivity index (χ0n) is 15.8. The zero-order chi connectivity index (χ0) is 19.6. The molecule has 0 aliphatic heterocycles. The van der Waals surface area contributed by atoms with Crippen LogP contribution >= 0.6 is 0 Å². The maximum atomic E-state index is 12.5. The van der Waals surface area contributed by atoms with Crippen molar-refractivity contribution < 1.29 is 14.3 Å². The Kier molecular flexibility index (Phi) is 4.90. The Morgan fingerprint density at radius 1 is 0.963 bits per heavy atom. The first-order valence-corrected chi connectivity index (χ1v) is 8.66. The Balaban J connectivity index is 1.82. The minimum atomic E-state index is -0.536. The summed E-state index contributed by atoms with van der Waals surface area (Å²) in [6, 6.07) is 14.9. The van der Waals surface area contributed by atoms with Crippen LogP contribution in [0.25, 0.3) is 10.8 Å². The molecule has 2 aromatic carbocycles. The molecule has 0 aliphatic carbocycles. The molecule has 27 heavy (non-hydrogen) atoms. The fourth-order valence-corrected chi connectivity index (χ4v) is 2.77. The number of carbonyl (C=O) groups excluding carboxylic acids is 2. The number of carbonyl (C=O) groups is 2. The van der Waals surface area contributed by atoms with Crippen LogP contribution in [0, 0.1) is 0 Å². The highest BCUT2D eigenvalue weighted by atomic mass is 16.5. The maximum Gasteiger partial charge on any atom is 0.356 e. The van der Waals surface area contributed by atoms with E-state index in [1.54, 1.807) is 6.07 Å². The monoisotopic (exact) mass is 365 g/mol. The van der Waals surface area contributed by atoms with Gasteiger partial charge in [-0.3, -0.25) is 0 Å². The van der Waals surface area contributed by atoms with Crippen molar-refractivity contribution in [1.82, 2.24) is 4.98 Å². The van der Waals surface area contributed by atoms with Crippen LogP contribution in [0.5, 0.6) is 0 Å². The summed E-state index contributed by atoms with van der Waals surface area (Å²) >= 11 is 0. The summed E-state index contributed by atoms with van der Waals surface area (Å²) in [7, 11) is 1.30. The molecular formula is C21H23N3O3. The number of esters is 1. The largest absolute Gasteiger partial charge is 0.464 e. The van der Waals surface area contributed by atoms with Crippen molar-refractivity contribution in [3.05, 3.63) is 59.9 Å². The molecule has 3 N–H and O–H groups in total. The molecule has 6 heteroatoms. The van der Waals surface area contributed by atoms with Crippen LogP contribution in [-0.2, 0) is 10.2 Å². The molecule has 1 aromatic heterocycles. The van der Waals surface area contributed by atoms with E-state index < -0.39 is 12.0 Å². The average Bonchev–Trinajstić information content (AvgIpc) is 3.05. The lowest BCUT2D eigenvalue weighted by atomic mass is 9.92. The number of aromatic amines is 1. The molecule has 6 nitrogen and oxygen atoms in total. The molecule has 0 spiro atoms. The van der Waals surface area contributed by atoms with E-state index in [1.807, 2.05) is 63.2 Å². The number of aromatic nitrogens is 1. The summed E-state index contributed by atoms with van der Waals surface area (Å²) in [5.41, 5.74) is 1.87. The Bertz CT molecular complexity index is 999. The van der Waals surface area contributed by atoms with Gasteiger partial charge in [0.15, 0.2) is 0 Å². The van der Waals surface area contributed by atoms with Crippen molar-refractivity contribution in [1.29, 1.82) is 0 Å². The van der Waals surface area contributed by atoms with Crippen molar-refractivity contribution >= 4 is 34.1 Å². The molecule has 2 amide bonds. The number of ether oxygens (including phenoxy) is 1. The molecule has 3 rings (SSSR count). The van der Waals surface area contributed by atoms with Gasteiger partial charge in [-0.25, -0.2) is 9.59 Å². The fourth-order valence-electron chi connectivity index (χ4n) is 2.77. The number of anilines is 2. The molecular weight excluding hydrogens is 342 g/mol. The number of amides is 2. The van der Waals surface area contributed by atoms with Crippen LogP contribution in [-0.4, -0.2) is 24.1 Å². The van der Waals surface area contributed by atoms with Gasteiger partial charge in [0, 0.05) is 16.8 Å². The molecule has 0 saturated carbocycles. The summed E-state index contributed by atoms with van der Waals surface area (Å²) in [5.74, 6) is -0.536. The molecule has 0 radical (unpaired) electrons.